The average molecular weight is 335 g/mol. The standard InChI is InChI=1S/C20H15ClN2O/c21-17-6-2-1-4-14(17)12-23-18-10-13(11-22)8-9-15(18)16-5-3-7-19(24)20(16)23/h1-2,4,6,8-10H,3,5,7,12H2. The molecule has 0 spiro atoms. The molecule has 1 aliphatic carbocycles. The van der Waals surface area contributed by atoms with Crippen molar-refractivity contribution < 1.29 is 4.79 Å². The number of nitriles is 1. The first-order chi connectivity index (χ1) is 11.7. The number of hydrogen-bond donors (Lipinski definition) is 0. The van der Waals surface area contributed by atoms with E-state index in [2.05, 4.69) is 6.07 Å². The van der Waals surface area contributed by atoms with Crippen molar-refractivity contribution in [2.45, 2.75) is 25.8 Å². The summed E-state index contributed by atoms with van der Waals surface area (Å²) in [6.07, 6.45) is 2.37. The second kappa shape index (κ2) is 5.81. The second-order valence-corrected chi connectivity index (χ2v) is 6.53. The number of carbonyl (C=O) groups is 1. The summed E-state index contributed by atoms with van der Waals surface area (Å²) in [5, 5.41) is 11.0. The number of nitrogens with zero attached hydrogens (tertiary/aromatic N) is 2. The van der Waals surface area contributed by atoms with Crippen LogP contribution in [0.25, 0.3) is 10.9 Å². The van der Waals surface area contributed by atoms with Gasteiger partial charge in [-0.25, -0.2) is 0 Å². The summed E-state index contributed by atoms with van der Waals surface area (Å²) in [6, 6.07) is 15.5. The van der Waals surface area contributed by atoms with Gasteiger partial charge in [-0.15, -0.1) is 0 Å². The Balaban J connectivity index is 1.99. The minimum atomic E-state index is 0.179. The monoisotopic (exact) mass is 334 g/mol. The predicted molar refractivity (Wildman–Crippen MR) is 94.5 cm³/mol. The number of carbonyl (C=O) groups excluding carboxylic acids is 1. The molecule has 4 heteroatoms. The topological polar surface area (TPSA) is 45.8 Å². The van der Waals surface area contributed by atoms with Gasteiger partial charge < -0.3 is 4.57 Å². The molecule has 3 nitrogen and oxygen atoms in total. The van der Waals surface area contributed by atoms with Crippen molar-refractivity contribution >= 4 is 28.3 Å². The first kappa shape index (κ1) is 15.0. The van der Waals surface area contributed by atoms with Crippen molar-refractivity contribution in [3.8, 4) is 6.07 Å². The van der Waals surface area contributed by atoms with Crippen LogP contribution in [0.5, 0.6) is 0 Å². The Morgan fingerprint density at radius 3 is 2.79 bits per heavy atom. The summed E-state index contributed by atoms with van der Waals surface area (Å²) in [5.74, 6) is 0.179. The number of rotatable bonds is 2. The molecule has 0 unspecified atom stereocenters. The lowest BCUT2D eigenvalue weighted by Gasteiger charge is -2.15. The molecule has 3 aromatic rings. The first-order valence-corrected chi connectivity index (χ1v) is 8.38. The maximum absolute atomic E-state index is 12.6. The second-order valence-electron chi connectivity index (χ2n) is 6.13. The van der Waals surface area contributed by atoms with E-state index in [0.717, 1.165) is 40.6 Å². The van der Waals surface area contributed by atoms with Crippen LogP contribution >= 0.6 is 11.6 Å². The Bertz CT molecular complexity index is 1010. The molecule has 0 bridgehead atoms. The molecule has 1 aromatic heterocycles. The average Bonchev–Trinajstić information content (AvgIpc) is 2.91. The van der Waals surface area contributed by atoms with E-state index in [1.807, 2.05) is 47.0 Å². The third kappa shape index (κ3) is 2.31. The predicted octanol–water partition coefficient (Wildman–Crippen LogP) is 4.73. The van der Waals surface area contributed by atoms with E-state index in [1.165, 1.54) is 0 Å². The maximum atomic E-state index is 12.6. The molecule has 4 rings (SSSR count). The Morgan fingerprint density at radius 2 is 2.00 bits per heavy atom. The molecule has 2 aromatic carbocycles. The molecule has 0 aliphatic heterocycles. The van der Waals surface area contributed by atoms with E-state index in [4.69, 9.17) is 11.6 Å². The fourth-order valence-electron chi connectivity index (χ4n) is 3.57. The maximum Gasteiger partial charge on any atom is 0.179 e. The van der Waals surface area contributed by atoms with Gasteiger partial charge in [0.05, 0.1) is 22.8 Å². The van der Waals surface area contributed by atoms with Crippen LogP contribution in [0.2, 0.25) is 5.02 Å². The molecular weight excluding hydrogens is 320 g/mol. The first-order valence-electron chi connectivity index (χ1n) is 8.01. The van der Waals surface area contributed by atoms with Crippen LogP contribution < -0.4 is 0 Å². The zero-order valence-electron chi connectivity index (χ0n) is 13.1. The van der Waals surface area contributed by atoms with Crippen LogP contribution in [0.3, 0.4) is 0 Å². The largest absolute Gasteiger partial charge is 0.333 e. The lowest BCUT2D eigenvalue weighted by molar-refractivity contribution is 0.0964. The summed E-state index contributed by atoms with van der Waals surface area (Å²) >= 11 is 6.32. The number of hydrogen-bond acceptors (Lipinski definition) is 2. The molecule has 118 valence electrons. The highest BCUT2D eigenvalue weighted by molar-refractivity contribution is 6.31. The minimum absolute atomic E-state index is 0.179. The fraction of sp³-hybridized carbons (Fsp3) is 0.200. The number of Topliss-reactive ketones (excluding diaryl/α,β-unsaturated/α-hetero) is 1. The highest BCUT2D eigenvalue weighted by Crippen LogP contribution is 2.34. The minimum Gasteiger partial charge on any atom is -0.333 e. The molecule has 0 amide bonds. The van der Waals surface area contributed by atoms with Crippen LogP contribution in [0.1, 0.15) is 40.0 Å². The van der Waals surface area contributed by atoms with Gasteiger partial charge >= 0.3 is 0 Å². The smallest absolute Gasteiger partial charge is 0.179 e. The van der Waals surface area contributed by atoms with Gasteiger partial charge in [-0.2, -0.15) is 5.26 Å². The number of aromatic nitrogens is 1. The summed E-state index contributed by atoms with van der Waals surface area (Å²) < 4.78 is 2.04. The molecule has 1 heterocycles. The van der Waals surface area contributed by atoms with E-state index in [1.54, 1.807) is 0 Å². The molecule has 0 N–H and O–H groups in total. The molecule has 24 heavy (non-hydrogen) atoms. The number of halogens is 1. The van der Waals surface area contributed by atoms with Crippen LogP contribution in [0.4, 0.5) is 0 Å². The molecule has 0 fully saturated rings. The summed E-state index contributed by atoms with van der Waals surface area (Å²) in [4.78, 5) is 12.6. The Kier molecular flexibility index (Phi) is 3.63. The van der Waals surface area contributed by atoms with Gasteiger partial charge in [-0.3, -0.25) is 4.79 Å². The Morgan fingerprint density at radius 1 is 1.17 bits per heavy atom. The van der Waals surface area contributed by atoms with Crippen LogP contribution in [-0.2, 0) is 13.0 Å². The van der Waals surface area contributed by atoms with E-state index in [9.17, 15) is 10.1 Å². The molecule has 0 saturated carbocycles. The van der Waals surface area contributed by atoms with Gasteiger partial charge in [-0.1, -0.05) is 35.9 Å². The lowest BCUT2D eigenvalue weighted by Crippen LogP contribution is -2.16. The van der Waals surface area contributed by atoms with E-state index >= 15 is 0 Å². The van der Waals surface area contributed by atoms with Crippen LogP contribution in [-0.4, -0.2) is 10.4 Å². The SMILES string of the molecule is N#Cc1ccc2c3c(n(Cc4ccccc4Cl)c2c1)C(=O)CCC3. The number of fused-ring (bicyclic) bond motifs is 3. The molecule has 0 saturated heterocycles. The van der Waals surface area contributed by atoms with Crippen molar-refractivity contribution in [2.75, 3.05) is 0 Å². The van der Waals surface area contributed by atoms with Gasteiger partial charge in [0, 0.05) is 23.4 Å². The van der Waals surface area contributed by atoms with Gasteiger partial charge in [0.15, 0.2) is 5.78 Å². The number of aryl methyl sites for hydroxylation is 1. The van der Waals surface area contributed by atoms with Crippen molar-refractivity contribution in [1.29, 1.82) is 5.26 Å². The van der Waals surface area contributed by atoms with Gasteiger partial charge in [0.25, 0.3) is 0 Å². The molecular formula is C20H15ClN2O. The highest BCUT2D eigenvalue weighted by atomic mass is 35.5. The molecule has 0 radical (unpaired) electrons. The zero-order valence-corrected chi connectivity index (χ0v) is 13.8. The highest BCUT2D eigenvalue weighted by Gasteiger charge is 2.26. The number of ketones is 1. The van der Waals surface area contributed by atoms with E-state index < -0.39 is 0 Å². The van der Waals surface area contributed by atoms with Crippen molar-refractivity contribution in [1.82, 2.24) is 4.57 Å². The van der Waals surface area contributed by atoms with E-state index in [0.29, 0.717) is 23.6 Å². The quantitative estimate of drug-likeness (QED) is 0.680. The van der Waals surface area contributed by atoms with Gasteiger partial charge in [-0.05, 0) is 42.2 Å². The van der Waals surface area contributed by atoms with E-state index in [-0.39, 0.29) is 5.78 Å². The summed E-state index contributed by atoms with van der Waals surface area (Å²) in [6.45, 7) is 0.534. The summed E-state index contributed by atoms with van der Waals surface area (Å²) in [7, 11) is 0. The van der Waals surface area contributed by atoms with Crippen LogP contribution in [0, 0.1) is 11.3 Å². The third-order valence-electron chi connectivity index (χ3n) is 4.68. The zero-order chi connectivity index (χ0) is 16.7. The van der Waals surface area contributed by atoms with Crippen molar-refractivity contribution in [2.24, 2.45) is 0 Å². The normalized spacial score (nSPS) is 13.8. The van der Waals surface area contributed by atoms with Gasteiger partial charge in [0.1, 0.15) is 0 Å². The van der Waals surface area contributed by atoms with Gasteiger partial charge in [0.2, 0.25) is 0 Å². The lowest BCUT2D eigenvalue weighted by atomic mass is 9.94. The Labute approximate surface area is 145 Å². The molecule has 0 atom stereocenters. The number of benzene rings is 2. The van der Waals surface area contributed by atoms with Crippen molar-refractivity contribution in [3.63, 3.8) is 0 Å². The Hall–Kier alpha value is -2.57. The van der Waals surface area contributed by atoms with Crippen LogP contribution in [0.15, 0.2) is 42.5 Å². The third-order valence-corrected chi connectivity index (χ3v) is 5.05. The summed E-state index contributed by atoms with van der Waals surface area (Å²) in [5.41, 5.74) is 4.41. The molecule has 1 aliphatic rings. The fourth-order valence-corrected chi connectivity index (χ4v) is 3.76. The van der Waals surface area contributed by atoms with Crippen molar-refractivity contribution in [3.05, 3.63) is 69.9 Å².